The van der Waals surface area contributed by atoms with Crippen LogP contribution >= 0.6 is 0 Å². The molecule has 0 bridgehead atoms. The average Bonchev–Trinajstić information content (AvgIpc) is 2.14. The van der Waals surface area contributed by atoms with E-state index in [0.717, 1.165) is 13.1 Å². The zero-order chi connectivity index (χ0) is 11.3. The molecule has 0 aromatic rings. The molecule has 3 heteroatoms. The monoisotopic (exact) mass is 200 g/mol. The van der Waals surface area contributed by atoms with Crippen LogP contribution in [0.5, 0.6) is 0 Å². The fourth-order valence-corrected chi connectivity index (χ4v) is 1.74. The van der Waals surface area contributed by atoms with Crippen molar-refractivity contribution in [1.29, 1.82) is 0 Å². The molecule has 1 amide bonds. The first-order chi connectivity index (χ1) is 6.52. The van der Waals surface area contributed by atoms with Gasteiger partial charge in [-0.2, -0.15) is 0 Å². The topological polar surface area (TPSA) is 23.6 Å². The van der Waals surface area contributed by atoms with E-state index in [4.69, 9.17) is 0 Å². The number of carbonyl (C=O) groups is 1. The maximum atomic E-state index is 11.2. The molecule has 1 rings (SSSR count). The zero-order valence-electron chi connectivity index (χ0n) is 10.4. The lowest BCUT2D eigenvalue weighted by Gasteiger charge is -2.42. The molecule has 0 aliphatic carbocycles. The Bertz CT molecular complexity index is 182. The van der Waals surface area contributed by atoms with E-state index in [0.29, 0.717) is 12.1 Å². The maximum absolute atomic E-state index is 11.2. The van der Waals surface area contributed by atoms with Crippen LogP contribution in [0.4, 0.5) is 0 Å². The standard InChI is InChI=1S/C9H18N2O.C2H6/c1-7-6-11(9(3)12)8(2)5-10(7)4;1-2/h7-8H,5-6H2,1-4H3;1-2H3. The molecule has 3 nitrogen and oxygen atoms in total. The van der Waals surface area contributed by atoms with Crippen molar-refractivity contribution in [2.75, 3.05) is 20.1 Å². The molecule has 0 spiro atoms. The summed E-state index contributed by atoms with van der Waals surface area (Å²) in [7, 11) is 2.11. The zero-order valence-corrected chi connectivity index (χ0v) is 10.4. The van der Waals surface area contributed by atoms with Crippen molar-refractivity contribution in [3.63, 3.8) is 0 Å². The second-order valence-corrected chi connectivity index (χ2v) is 3.81. The Hall–Kier alpha value is -0.570. The summed E-state index contributed by atoms with van der Waals surface area (Å²) in [5.41, 5.74) is 0. The lowest BCUT2D eigenvalue weighted by Crippen LogP contribution is -2.56. The van der Waals surface area contributed by atoms with Crippen LogP contribution in [-0.2, 0) is 4.79 Å². The molecular weight excluding hydrogens is 176 g/mol. The number of amides is 1. The number of hydrogen-bond acceptors (Lipinski definition) is 2. The van der Waals surface area contributed by atoms with Crippen molar-refractivity contribution in [1.82, 2.24) is 9.80 Å². The summed E-state index contributed by atoms with van der Waals surface area (Å²) in [6.07, 6.45) is 0. The summed E-state index contributed by atoms with van der Waals surface area (Å²) in [4.78, 5) is 15.4. The number of rotatable bonds is 0. The molecule has 1 aliphatic rings. The van der Waals surface area contributed by atoms with Crippen LogP contribution in [0.3, 0.4) is 0 Å². The Morgan fingerprint density at radius 3 is 2.07 bits per heavy atom. The fraction of sp³-hybridized carbons (Fsp3) is 0.909. The third-order valence-electron chi connectivity index (χ3n) is 2.70. The molecule has 0 saturated carbocycles. The number of carbonyl (C=O) groups excluding carboxylic acids is 1. The van der Waals surface area contributed by atoms with Gasteiger partial charge in [0.2, 0.25) is 5.91 Å². The second kappa shape index (κ2) is 6.02. The van der Waals surface area contributed by atoms with Gasteiger partial charge in [0.1, 0.15) is 0 Å². The Morgan fingerprint density at radius 1 is 1.14 bits per heavy atom. The number of likely N-dealkylation sites (N-methyl/N-ethyl adjacent to an activating group) is 1. The van der Waals surface area contributed by atoms with Gasteiger partial charge in [-0.1, -0.05) is 13.8 Å². The average molecular weight is 200 g/mol. The van der Waals surface area contributed by atoms with Crippen molar-refractivity contribution in [3.8, 4) is 0 Å². The van der Waals surface area contributed by atoms with Gasteiger partial charge in [0.05, 0.1) is 0 Å². The van der Waals surface area contributed by atoms with Crippen molar-refractivity contribution in [2.24, 2.45) is 0 Å². The minimum atomic E-state index is 0.197. The van der Waals surface area contributed by atoms with Crippen molar-refractivity contribution in [3.05, 3.63) is 0 Å². The van der Waals surface area contributed by atoms with E-state index in [1.807, 2.05) is 18.7 Å². The highest BCUT2D eigenvalue weighted by molar-refractivity contribution is 5.73. The third kappa shape index (κ3) is 3.29. The van der Waals surface area contributed by atoms with E-state index in [9.17, 15) is 4.79 Å². The Morgan fingerprint density at radius 2 is 1.64 bits per heavy atom. The molecular formula is C11H24N2O. The molecule has 14 heavy (non-hydrogen) atoms. The van der Waals surface area contributed by atoms with Gasteiger partial charge in [-0.05, 0) is 20.9 Å². The van der Waals surface area contributed by atoms with Crippen molar-refractivity contribution in [2.45, 2.75) is 46.7 Å². The summed E-state index contributed by atoms with van der Waals surface area (Å²) in [6, 6.07) is 0.855. The lowest BCUT2D eigenvalue weighted by atomic mass is 10.1. The van der Waals surface area contributed by atoms with Gasteiger partial charge < -0.3 is 4.90 Å². The Labute approximate surface area is 88.1 Å². The highest BCUT2D eigenvalue weighted by Gasteiger charge is 2.27. The summed E-state index contributed by atoms with van der Waals surface area (Å²) in [5.74, 6) is 0.197. The molecule has 0 N–H and O–H groups in total. The van der Waals surface area contributed by atoms with Crippen LogP contribution in [0, 0.1) is 0 Å². The number of piperazine rings is 1. The van der Waals surface area contributed by atoms with Gasteiger partial charge in [-0.15, -0.1) is 0 Å². The quantitative estimate of drug-likeness (QED) is 0.593. The van der Waals surface area contributed by atoms with E-state index in [1.165, 1.54) is 0 Å². The largest absolute Gasteiger partial charge is 0.337 e. The minimum Gasteiger partial charge on any atom is -0.337 e. The van der Waals surface area contributed by atoms with Crippen LogP contribution in [0.25, 0.3) is 0 Å². The molecule has 2 atom stereocenters. The second-order valence-electron chi connectivity index (χ2n) is 3.81. The van der Waals surface area contributed by atoms with E-state index in [1.54, 1.807) is 6.92 Å². The SMILES string of the molecule is CC.CC(=O)N1CC(C)N(C)CC1C. The smallest absolute Gasteiger partial charge is 0.219 e. The Balaban J connectivity index is 0.000000791. The molecule has 1 saturated heterocycles. The maximum Gasteiger partial charge on any atom is 0.219 e. The van der Waals surface area contributed by atoms with Crippen LogP contribution < -0.4 is 0 Å². The minimum absolute atomic E-state index is 0.197. The van der Waals surface area contributed by atoms with E-state index < -0.39 is 0 Å². The number of hydrogen-bond donors (Lipinski definition) is 0. The molecule has 1 fully saturated rings. The third-order valence-corrected chi connectivity index (χ3v) is 2.70. The van der Waals surface area contributed by atoms with E-state index in [-0.39, 0.29) is 5.91 Å². The molecule has 1 aliphatic heterocycles. The van der Waals surface area contributed by atoms with Gasteiger partial charge in [0.25, 0.3) is 0 Å². The van der Waals surface area contributed by atoms with Gasteiger partial charge >= 0.3 is 0 Å². The summed E-state index contributed by atoms with van der Waals surface area (Å²) in [5, 5.41) is 0. The molecule has 0 radical (unpaired) electrons. The molecule has 0 aromatic carbocycles. The van der Waals surface area contributed by atoms with Crippen LogP contribution in [0.1, 0.15) is 34.6 Å². The first-order valence-corrected chi connectivity index (χ1v) is 5.49. The van der Waals surface area contributed by atoms with Gasteiger partial charge in [-0.25, -0.2) is 0 Å². The molecule has 2 unspecified atom stereocenters. The normalized spacial score (nSPS) is 28.0. The lowest BCUT2D eigenvalue weighted by molar-refractivity contribution is -0.134. The van der Waals surface area contributed by atoms with Crippen LogP contribution in [-0.4, -0.2) is 47.9 Å². The highest BCUT2D eigenvalue weighted by atomic mass is 16.2. The fourth-order valence-electron chi connectivity index (χ4n) is 1.74. The highest BCUT2D eigenvalue weighted by Crippen LogP contribution is 2.12. The van der Waals surface area contributed by atoms with Crippen molar-refractivity contribution < 1.29 is 4.79 Å². The summed E-state index contributed by atoms with van der Waals surface area (Å²) >= 11 is 0. The molecule has 1 heterocycles. The van der Waals surface area contributed by atoms with Crippen LogP contribution in [0.15, 0.2) is 0 Å². The van der Waals surface area contributed by atoms with Gasteiger partial charge in [-0.3, -0.25) is 9.69 Å². The number of nitrogens with zero attached hydrogens (tertiary/aromatic N) is 2. The summed E-state index contributed by atoms with van der Waals surface area (Å²) in [6.45, 7) is 11.8. The molecule has 84 valence electrons. The van der Waals surface area contributed by atoms with Crippen LogP contribution in [0.2, 0.25) is 0 Å². The van der Waals surface area contributed by atoms with E-state index in [2.05, 4.69) is 25.8 Å². The van der Waals surface area contributed by atoms with Gasteiger partial charge in [0.15, 0.2) is 0 Å². The van der Waals surface area contributed by atoms with E-state index >= 15 is 0 Å². The predicted octanol–water partition coefficient (Wildman–Crippen LogP) is 1.58. The molecule has 0 aromatic heterocycles. The van der Waals surface area contributed by atoms with Crippen molar-refractivity contribution >= 4 is 5.91 Å². The first kappa shape index (κ1) is 13.4. The summed E-state index contributed by atoms with van der Waals surface area (Å²) < 4.78 is 0. The predicted molar refractivity (Wildman–Crippen MR) is 60.3 cm³/mol. The van der Waals surface area contributed by atoms with Gasteiger partial charge in [0, 0.05) is 32.1 Å². The Kier molecular flexibility index (Phi) is 5.77. The first-order valence-electron chi connectivity index (χ1n) is 5.49.